The largest absolute Gasteiger partial charge is 0.398 e. The molecule has 5 heteroatoms. The summed E-state index contributed by atoms with van der Waals surface area (Å²) in [6.07, 6.45) is 2.64. The minimum atomic E-state index is -0.0648. The van der Waals surface area contributed by atoms with Gasteiger partial charge in [0.1, 0.15) is 0 Å². The SMILES string of the molecule is CCCOCCOCCn1cc(N)ccc1=O. The summed E-state index contributed by atoms with van der Waals surface area (Å²) in [4.78, 5) is 11.4. The molecule has 0 saturated carbocycles. The number of pyridine rings is 1. The van der Waals surface area contributed by atoms with Gasteiger partial charge in [0.2, 0.25) is 0 Å². The first-order valence-corrected chi connectivity index (χ1v) is 5.85. The predicted molar refractivity (Wildman–Crippen MR) is 67.0 cm³/mol. The molecular formula is C12H20N2O3. The van der Waals surface area contributed by atoms with Crippen molar-refractivity contribution < 1.29 is 9.47 Å². The molecule has 5 nitrogen and oxygen atoms in total. The van der Waals surface area contributed by atoms with Gasteiger partial charge in [-0.1, -0.05) is 6.92 Å². The third-order valence-electron chi connectivity index (χ3n) is 2.20. The second-order valence-corrected chi connectivity index (χ2v) is 3.72. The van der Waals surface area contributed by atoms with E-state index < -0.39 is 0 Å². The summed E-state index contributed by atoms with van der Waals surface area (Å²) >= 11 is 0. The summed E-state index contributed by atoms with van der Waals surface area (Å²) in [6, 6.07) is 3.05. The first-order chi connectivity index (χ1) is 8.24. The van der Waals surface area contributed by atoms with E-state index in [0.717, 1.165) is 13.0 Å². The lowest BCUT2D eigenvalue weighted by atomic mass is 10.4. The van der Waals surface area contributed by atoms with Crippen LogP contribution in [-0.2, 0) is 16.0 Å². The van der Waals surface area contributed by atoms with E-state index in [-0.39, 0.29) is 5.56 Å². The molecule has 96 valence electrons. The first kappa shape index (κ1) is 13.7. The van der Waals surface area contributed by atoms with E-state index in [4.69, 9.17) is 15.2 Å². The van der Waals surface area contributed by atoms with Gasteiger partial charge in [0, 0.05) is 31.1 Å². The molecular weight excluding hydrogens is 220 g/mol. The monoisotopic (exact) mass is 240 g/mol. The number of rotatable bonds is 8. The minimum absolute atomic E-state index is 0.0648. The predicted octanol–water partition coefficient (Wildman–Crippen LogP) is 0.874. The van der Waals surface area contributed by atoms with Gasteiger partial charge in [0.15, 0.2) is 0 Å². The first-order valence-electron chi connectivity index (χ1n) is 5.85. The maximum absolute atomic E-state index is 11.4. The van der Waals surface area contributed by atoms with Gasteiger partial charge in [-0.25, -0.2) is 0 Å². The molecule has 0 aliphatic heterocycles. The van der Waals surface area contributed by atoms with E-state index in [1.165, 1.54) is 6.07 Å². The highest BCUT2D eigenvalue weighted by Crippen LogP contribution is 1.95. The molecule has 0 saturated heterocycles. The molecule has 1 aromatic rings. The highest BCUT2D eigenvalue weighted by Gasteiger charge is 1.96. The van der Waals surface area contributed by atoms with Crippen molar-refractivity contribution in [3.63, 3.8) is 0 Å². The van der Waals surface area contributed by atoms with Crippen LogP contribution in [0.5, 0.6) is 0 Å². The van der Waals surface area contributed by atoms with Gasteiger partial charge in [0.25, 0.3) is 5.56 Å². The van der Waals surface area contributed by atoms with Crippen molar-refractivity contribution in [2.45, 2.75) is 19.9 Å². The number of nitrogen functional groups attached to an aromatic ring is 1. The lowest BCUT2D eigenvalue weighted by molar-refractivity contribution is 0.0448. The van der Waals surface area contributed by atoms with E-state index in [1.807, 2.05) is 0 Å². The fourth-order valence-corrected chi connectivity index (χ4v) is 1.35. The van der Waals surface area contributed by atoms with Gasteiger partial charge in [0.05, 0.1) is 19.8 Å². The van der Waals surface area contributed by atoms with Crippen LogP contribution in [0.15, 0.2) is 23.1 Å². The summed E-state index contributed by atoms with van der Waals surface area (Å²) in [5.41, 5.74) is 6.11. The van der Waals surface area contributed by atoms with Gasteiger partial charge in [-0.15, -0.1) is 0 Å². The average Bonchev–Trinajstić information content (AvgIpc) is 2.32. The highest BCUT2D eigenvalue weighted by atomic mass is 16.5. The molecule has 1 aromatic heterocycles. The van der Waals surface area contributed by atoms with Crippen LogP contribution in [0.4, 0.5) is 5.69 Å². The smallest absolute Gasteiger partial charge is 0.250 e. The fourth-order valence-electron chi connectivity index (χ4n) is 1.35. The van der Waals surface area contributed by atoms with Gasteiger partial charge < -0.3 is 19.8 Å². The van der Waals surface area contributed by atoms with Crippen molar-refractivity contribution in [2.75, 3.05) is 32.2 Å². The van der Waals surface area contributed by atoms with Crippen LogP contribution in [0.2, 0.25) is 0 Å². The molecule has 0 atom stereocenters. The number of hydrogen-bond donors (Lipinski definition) is 1. The number of ether oxygens (including phenoxy) is 2. The number of hydrogen-bond acceptors (Lipinski definition) is 4. The van der Waals surface area contributed by atoms with Crippen molar-refractivity contribution in [1.82, 2.24) is 4.57 Å². The molecule has 0 aromatic carbocycles. The van der Waals surface area contributed by atoms with Crippen molar-refractivity contribution in [1.29, 1.82) is 0 Å². The lowest BCUT2D eigenvalue weighted by Gasteiger charge is -2.07. The van der Waals surface area contributed by atoms with Crippen LogP contribution in [-0.4, -0.2) is 31.0 Å². The molecule has 1 rings (SSSR count). The zero-order chi connectivity index (χ0) is 12.5. The van der Waals surface area contributed by atoms with Gasteiger partial charge in [-0.3, -0.25) is 4.79 Å². The van der Waals surface area contributed by atoms with Crippen LogP contribution in [0.3, 0.4) is 0 Å². The fraction of sp³-hybridized carbons (Fsp3) is 0.583. The van der Waals surface area contributed by atoms with Crippen LogP contribution < -0.4 is 11.3 Å². The number of nitrogens with zero attached hydrogens (tertiary/aromatic N) is 1. The Bertz CT molecular complexity index is 376. The third-order valence-corrected chi connectivity index (χ3v) is 2.20. The molecule has 0 amide bonds. The summed E-state index contributed by atoms with van der Waals surface area (Å²) < 4.78 is 12.2. The lowest BCUT2D eigenvalue weighted by Crippen LogP contribution is -2.21. The molecule has 0 spiro atoms. The molecule has 1 heterocycles. The van der Waals surface area contributed by atoms with Crippen LogP contribution in [0.1, 0.15) is 13.3 Å². The molecule has 0 aliphatic carbocycles. The Hall–Kier alpha value is -1.33. The van der Waals surface area contributed by atoms with Crippen molar-refractivity contribution in [3.05, 3.63) is 28.7 Å². The third kappa shape index (κ3) is 5.51. The summed E-state index contributed by atoms with van der Waals surface area (Å²) in [6.45, 7) is 4.97. The van der Waals surface area contributed by atoms with Crippen molar-refractivity contribution >= 4 is 5.69 Å². The van der Waals surface area contributed by atoms with Crippen molar-refractivity contribution in [2.24, 2.45) is 0 Å². The zero-order valence-electron chi connectivity index (χ0n) is 10.2. The Labute approximate surface area is 101 Å². The second kappa shape index (κ2) is 7.86. The molecule has 0 radical (unpaired) electrons. The Kier molecular flexibility index (Phi) is 6.35. The number of anilines is 1. The maximum Gasteiger partial charge on any atom is 0.250 e. The molecule has 0 fully saturated rings. The zero-order valence-corrected chi connectivity index (χ0v) is 10.2. The van der Waals surface area contributed by atoms with E-state index in [2.05, 4.69) is 6.92 Å². The Morgan fingerprint density at radius 3 is 2.59 bits per heavy atom. The Morgan fingerprint density at radius 1 is 1.18 bits per heavy atom. The normalized spacial score (nSPS) is 10.6. The van der Waals surface area contributed by atoms with E-state index in [9.17, 15) is 4.79 Å². The standard InChI is InChI=1S/C12H20N2O3/c1-2-6-16-8-9-17-7-5-14-10-11(13)3-4-12(14)15/h3-4,10H,2,5-9,13H2,1H3. The van der Waals surface area contributed by atoms with Gasteiger partial charge in [-0.05, 0) is 12.5 Å². The number of aromatic nitrogens is 1. The molecule has 2 N–H and O–H groups in total. The Morgan fingerprint density at radius 2 is 1.88 bits per heavy atom. The van der Waals surface area contributed by atoms with E-state index in [0.29, 0.717) is 32.1 Å². The quantitative estimate of drug-likeness (QED) is 0.685. The van der Waals surface area contributed by atoms with Crippen LogP contribution >= 0.6 is 0 Å². The summed E-state index contributed by atoms with van der Waals surface area (Å²) in [5.74, 6) is 0. The van der Waals surface area contributed by atoms with Crippen molar-refractivity contribution in [3.8, 4) is 0 Å². The second-order valence-electron chi connectivity index (χ2n) is 3.72. The van der Waals surface area contributed by atoms with E-state index in [1.54, 1.807) is 16.8 Å². The average molecular weight is 240 g/mol. The highest BCUT2D eigenvalue weighted by molar-refractivity contribution is 5.33. The molecule has 0 unspecified atom stereocenters. The minimum Gasteiger partial charge on any atom is -0.398 e. The van der Waals surface area contributed by atoms with Crippen LogP contribution in [0.25, 0.3) is 0 Å². The van der Waals surface area contributed by atoms with Crippen LogP contribution in [0, 0.1) is 0 Å². The Balaban J connectivity index is 2.18. The maximum atomic E-state index is 11.4. The number of nitrogens with two attached hydrogens (primary N) is 1. The molecule has 0 aliphatic rings. The van der Waals surface area contributed by atoms with Gasteiger partial charge >= 0.3 is 0 Å². The summed E-state index contributed by atoms with van der Waals surface area (Å²) in [5, 5.41) is 0. The molecule has 17 heavy (non-hydrogen) atoms. The summed E-state index contributed by atoms with van der Waals surface area (Å²) in [7, 11) is 0. The topological polar surface area (TPSA) is 66.5 Å². The van der Waals surface area contributed by atoms with E-state index >= 15 is 0 Å². The van der Waals surface area contributed by atoms with Gasteiger partial charge in [-0.2, -0.15) is 0 Å². The molecule has 0 bridgehead atoms.